The number of hydrogen-bond donors (Lipinski definition) is 2. The molecule has 1 aromatic rings. The molecule has 1 aromatic carbocycles. The predicted octanol–water partition coefficient (Wildman–Crippen LogP) is 1.30. The molecule has 1 amide bonds. The molecule has 0 aromatic heterocycles. The third-order valence-electron chi connectivity index (χ3n) is 3.88. The molecular formula is C17H25ClN2O5. The number of nitrogens with one attached hydrogen (secondary N) is 1. The fourth-order valence-electron chi connectivity index (χ4n) is 2.77. The van der Waals surface area contributed by atoms with Crippen LogP contribution in [0.4, 0.5) is 0 Å². The van der Waals surface area contributed by atoms with Crippen LogP contribution >= 0.6 is 12.4 Å². The summed E-state index contributed by atoms with van der Waals surface area (Å²) in [5, 5.41) is 11.1. The zero-order valence-corrected chi connectivity index (χ0v) is 15.1. The molecule has 140 valence electrons. The normalized spacial score (nSPS) is 16.3. The van der Waals surface area contributed by atoms with E-state index in [1.54, 1.807) is 7.11 Å². The van der Waals surface area contributed by atoms with Crippen LogP contribution in [0.1, 0.15) is 18.4 Å². The number of nitrogens with zero attached hydrogens (tertiary/aromatic N) is 1. The fraction of sp³-hybridized carbons (Fsp3) is 0.529. The maximum absolute atomic E-state index is 12.0. The molecule has 1 heterocycles. The number of halogens is 1. The number of ether oxygens (including phenoxy) is 2. The van der Waals surface area contributed by atoms with Crippen LogP contribution in [0.5, 0.6) is 5.75 Å². The van der Waals surface area contributed by atoms with Gasteiger partial charge in [-0.15, -0.1) is 12.4 Å². The summed E-state index contributed by atoms with van der Waals surface area (Å²) in [4.78, 5) is 24.5. The topological polar surface area (TPSA) is 88.1 Å². The summed E-state index contributed by atoms with van der Waals surface area (Å²) in [5.41, 5.74) is 0.976. The quantitative estimate of drug-likeness (QED) is 0.679. The lowest BCUT2D eigenvalue weighted by Crippen LogP contribution is -2.41. The van der Waals surface area contributed by atoms with Crippen molar-refractivity contribution in [1.29, 1.82) is 0 Å². The van der Waals surface area contributed by atoms with Gasteiger partial charge in [0.25, 0.3) is 0 Å². The Balaban J connectivity index is 0.00000312. The highest BCUT2D eigenvalue weighted by molar-refractivity contribution is 5.85. The van der Waals surface area contributed by atoms with Gasteiger partial charge in [0.05, 0.1) is 19.8 Å². The number of benzene rings is 1. The van der Waals surface area contributed by atoms with E-state index in [9.17, 15) is 9.59 Å². The Morgan fingerprint density at radius 1 is 1.40 bits per heavy atom. The summed E-state index contributed by atoms with van der Waals surface area (Å²) < 4.78 is 11.0. The van der Waals surface area contributed by atoms with Crippen molar-refractivity contribution in [2.24, 2.45) is 0 Å². The van der Waals surface area contributed by atoms with Gasteiger partial charge in [-0.05, 0) is 18.9 Å². The van der Waals surface area contributed by atoms with Crippen LogP contribution < -0.4 is 10.1 Å². The van der Waals surface area contributed by atoms with Crippen molar-refractivity contribution >= 4 is 24.3 Å². The zero-order chi connectivity index (χ0) is 17.4. The second-order valence-corrected chi connectivity index (χ2v) is 5.79. The minimum absolute atomic E-state index is 0. The molecule has 25 heavy (non-hydrogen) atoms. The average Bonchev–Trinajstić information content (AvgIpc) is 3.06. The molecule has 1 saturated heterocycles. The van der Waals surface area contributed by atoms with Crippen molar-refractivity contribution in [3.05, 3.63) is 29.8 Å². The molecule has 1 atom stereocenters. The summed E-state index contributed by atoms with van der Waals surface area (Å²) in [5.74, 6) is -0.607. The first-order valence-electron chi connectivity index (χ1n) is 8.03. The van der Waals surface area contributed by atoms with Crippen LogP contribution in [0, 0.1) is 0 Å². The van der Waals surface area contributed by atoms with Crippen LogP contribution in [0.15, 0.2) is 24.3 Å². The molecule has 0 radical (unpaired) electrons. The minimum Gasteiger partial charge on any atom is -0.496 e. The first kappa shape index (κ1) is 21.2. The molecule has 0 spiro atoms. The third-order valence-corrected chi connectivity index (χ3v) is 3.88. The van der Waals surface area contributed by atoms with Crippen LogP contribution in [0.3, 0.4) is 0 Å². The van der Waals surface area contributed by atoms with Gasteiger partial charge in [0.1, 0.15) is 12.3 Å². The highest BCUT2D eigenvalue weighted by atomic mass is 35.5. The van der Waals surface area contributed by atoms with Crippen molar-refractivity contribution in [2.75, 3.05) is 33.4 Å². The molecule has 2 N–H and O–H groups in total. The smallest absolute Gasteiger partial charge is 0.322 e. The van der Waals surface area contributed by atoms with Crippen LogP contribution in [0.2, 0.25) is 0 Å². The molecule has 1 aliphatic heterocycles. The molecule has 1 aliphatic rings. The lowest BCUT2D eigenvalue weighted by Gasteiger charge is -2.25. The van der Waals surface area contributed by atoms with Crippen LogP contribution in [0.25, 0.3) is 0 Å². The number of carbonyl (C=O) groups is 2. The van der Waals surface area contributed by atoms with E-state index in [-0.39, 0.29) is 37.5 Å². The SMILES string of the molecule is COc1ccccc1CN(CC(=O)NCC(=O)O)CC1CCCO1.Cl. The largest absolute Gasteiger partial charge is 0.496 e. The van der Waals surface area contributed by atoms with Crippen molar-refractivity contribution in [3.63, 3.8) is 0 Å². The Bertz CT molecular complexity index is 564. The Kier molecular flexibility index (Phi) is 9.26. The number of aliphatic carboxylic acids is 1. The fourth-order valence-corrected chi connectivity index (χ4v) is 2.77. The Labute approximate surface area is 153 Å². The van der Waals surface area contributed by atoms with Gasteiger partial charge in [0, 0.05) is 25.3 Å². The molecule has 1 fully saturated rings. The number of hydrogen-bond acceptors (Lipinski definition) is 5. The van der Waals surface area contributed by atoms with E-state index in [1.165, 1.54) is 0 Å². The first-order chi connectivity index (χ1) is 11.6. The van der Waals surface area contributed by atoms with Gasteiger partial charge < -0.3 is 19.9 Å². The number of carboxylic acids is 1. The summed E-state index contributed by atoms with van der Waals surface area (Å²) in [6, 6.07) is 7.65. The number of rotatable bonds is 9. The maximum Gasteiger partial charge on any atom is 0.322 e. The lowest BCUT2D eigenvalue weighted by molar-refractivity contribution is -0.138. The summed E-state index contributed by atoms with van der Waals surface area (Å²) in [6.45, 7) is 1.65. The molecule has 7 nitrogen and oxygen atoms in total. The highest BCUT2D eigenvalue weighted by Crippen LogP contribution is 2.21. The van der Waals surface area contributed by atoms with Gasteiger partial charge in [-0.3, -0.25) is 14.5 Å². The van der Waals surface area contributed by atoms with Gasteiger partial charge in [-0.2, -0.15) is 0 Å². The molecule has 8 heteroatoms. The van der Waals surface area contributed by atoms with Gasteiger partial charge >= 0.3 is 5.97 Å². The van der Waals surface area contributed by atoms with Gasteiger partial charge in [0.15, 0.2) is 0 Å². The van der Waals surface area contributed by atoms with E-state index in [4.69, 9.17) is 14.6 Å². The van der Waals surface area contributed by atoms with Crippen molar-refractivity contribution in [3.8, 4) is 5.75 Å². The van der Waals surface area contributed by atoms with Gasteiger partial charge in [-0.25, -0.2) is 0 Å². The highest BCUT2D eigenvalue weighted by Gasteiger charge is 2.22. The Morgan fingerprint density at radius 3 is 2.80 bits per heavy atom. The first-order valence-corrected chi connectivity index (χ1v) is 8.03. The Hall–Kier alpha value is -1.83. The second kappa shape index (κ2) is 10.9. The van der Waals surface area contributed by atoms with Crippen molar-refractivity contribution in [1.82, 2.24) is 10.2 Å². The van der Waals surface area contributed by atoms with E-state index in [0.29, 0.717) is 13.1 Å². The van der Waals surface area contributed by atoms with Crippen molar-refractivity contribution < 1.29 is 24.2 Å². The Morgan fingerprint density at radius 2 is 2.16 bits per heavy atom. The maximum atomic E-state index is 12.0. The number of para-hydroxylation sites is 1. The lowest BCUT2D eigenvalue weighted by atomic mass is 10.1. The molecule has 0 aliphatic carbocycles. The zero-order valence-electron chi connectivity index (χ0n) is 14.3. The number of amides is 1. The van der Waals surface area contributed by atoms with E-state index >= 15 is 0 Å². The van der Waals surface area contributed by atoms with Crippen molar-refractivity contribution in [2.45, 2.75) is 25.5 Å². The molecule has 0 saturated carbocycles. The van der Waals surface area contributed by atoms with Gasteiger partial charge in [-0.1, -0.05) is 18.2 Å². The average molecular weight is 373 g/mol. The van der Waals surface area contributed by atoms with E-state index in [2.05, 4.69) is 5.32 Å². The van der Waals surface area contributed by atoms with E-state index in [1.807, 2.05) is 29.2 Å². The molecule has 0 bridgehead atoms. The third kappa shape index (κ3) is 7.29. The standard InChI is InChI=1S/C17H24N2O5.ClH/c1-23-15-7-3-2-5-13(15)10-19(11-14-6-4-8-24-14)12-16(20)18-9-17(21)22;/h2-3,5,7,14H,4,6,8-12H2,1H3,(H,18,20)(H,21,22);1H. The van der Waals surface area contributed by atoms with Crippen LogP contribution in [-0.4, -0.2) is 61.3 Å². The van der Waals surface area contributed by atoms with E-state index in [0.717, 1.165) is 30.8 Å². The number of methoxy groups -OCH3 is 1. The summed E-state index contributed by atoms with van der Waals surface area (Å²) in [7, 11) is 1.61. The summed E-state index contributed by atoms with van der Waals surface area (Å²) in [6.07, 6.45) is 2.10. The molecule has 2 rings (SSSR count). The molecule has 1 unspecified atom stereocenters. The van der Waals surface area contributed by atoms with Crippen LogP contribution in [-0.2, 0) is 20.9 Å². The monoisotopic (exact) mass is 372 g/mol. The summed E-state index contributed by atoms with van der Waals surface area (Å²) >= 11 is 0. The number of carbonyl (C=O) groups excluding carboxylic acids is 1. The second-order valence-electron chi connectivity index (χ2n) is 5.79. The van der Waals surface area contributed by atoms with Gasteiger partial charge in [0.2, 0.25) is 5.91 Å². The minimum atomic E-state index is -1.06. The molecular weight excluding hydrogens is 348 g/mol. The number of carboxylic acid groups (broad SMARTS) is 1. The predicted molar refractivity (Wildman–Crippen MR) is 95.1 cm³/mol. The van der Waals surface area contributed by atoms with E-state index < -0.39 is 5.97 Å².